The van der Waals surface area contributed by atoms with E-state index in [-0.39, 0.29) is 24.4 Å². The van der Waals surface area contributed by atoms with Crippen molar-refractivity contribution < 1.29 is 13.9 Å². The molecule has 0 atom stereocenters. The molecule has 0 aliphatic carbocycles. The fraction of sp³-hybridized carbons (Fsp3) is 0.0952. The molecule has 4 aromatic rings. The van der Waals surface area contributed by atoms with E-state index in [4.69, 9.17) is 4.74 Å². The number of hydrogen-bond donors (Lipinski definition) is 1. The molecular weight excluding hydrogens is 389 g/mol. The van der Waals surface area contributed by atoms with E-state index in [1.165, 1.54) is 24.7 Å². The number of nitrogens with one attached hydrogen (secondary N) is 1. The zero-order chi connectivity index (χ0) is 20.9. The molecule has 0 fully saturated rings. The third kappa shape index (κ3) is 4.30. The Labute approximate surface area is 170 Å². The summed E-state index contributed by atoms with van der Waals surface area (Å²) in [7, 11) is 0. The first-order chi connectivity index (χ1) is 14.6. The second-order valence-electron chi connectivity index (χ2n) is 6.38. The Morgan fingerprint density at radius 2 is 1.93 bits per heavy atom. The van der Waals surface area contributed by atoms with E-state index in [9.17, 15) is 14.0 Å². The van der Waals surface area contributed by atoms with Crippen LogP contribution in [-0.2, 0) is 17.9 Å². The van der Waals surface area contributed by atoms with Gasteiger partial charge in [-0.15, -0.1) is 0 Å². The van der Waals surface area contributed by atoms with Crippen molar-refractivity contribution >= 4 is 22.6 Å². The first-order valence-corrected chi connectivity index (χ1v) is 9.01. The van der Waals surface area contributed by atoms with Crippen molar-refractivity contribution in [3.8, 4) is 5.75 Å². The van der Waals surface area contributed by atoms with Crippen molar-refractivity contribution in [2.75, 3.05) is 5.32 Å². The van der Waals surface area contributed by atoms with Gasteiger partial charge in [-0.05, 0) is 48.0 Å². The van der Waals surface area contributed by atoms with Gasteiger partial charge in [0, 0.05) is 18.6 Å². The summed E-state index contributed by atoms with van der Waals surface area (Å²) in [6.45, 7) is -0.0324. The molecule has 30 heavy (non-hydrogen) atoms. The lowest BCUT2D eigenvalue weighted by molar-refractivity contribution is -0.116. The number of ether oxygens (including phenoxy) is 1. The number of carbonyl (C=O) groups is 1. The Kier molecular flexibility index (Phi) is 5.42. The second kappa shape index (κ2) is 8.48. The number of nitrogens with zero attached hydrogens (tertiary/aromatic N) is 4. The average Bonchev–Trinajstić information content (AvgIpc) is 2.76. The summed E-state index contributed by atoms with van der Waals surface area (Å²) in [6, 6.07) is 10.7. The molecule has 0 saturated heterocycles. The zero-order valence-electron chi connectivity index (χ0n) is 15.7. The smallest absolute Gasteiger partial charge is 0.261 e. The molecule has 0 unspecified atom stereocenters. The van der Waals surface area contributed by atoms with Gasteiger partial charge in [0.05, 0.1) is 17.2 Å². The molecule has 1 N–H and O–H groups in total. The standard InChI is InChI=1S/C21H16FN5O3/c22-15-3-4-17-16(10-15)21(29)27(13-25-17)11-19(28)26-20-18(2-1-7-24-20)30-12-14-5-8-23-9-6-14/h1-10,13H,11-12H2,(H,24,26,28). The van der Waals surface area contributed by atoms with Gasteiger partial charge in [-0.25, -0.2) is 14.4 Å². The summed E-state index contributed by atoms with van der Waals surface area (Å²) in [5.74, 6) is -0.437. The van der Waals surface area contributed by atoms with Crippen molar-refractivity contribution in [2.24, 2.45) is 0 Å². The summed E-state index contributed by atoms with van der Waals surface area (Å²) in [5.41, 5.74) is 0.756. The van der Waals surface area contributed by atoms with Crippen LogP contribution in [0.3, 0.4) is 0 Å². The predicted octanol–water partition coefficient (Wildman–Crippen LogP) is 2.54. The Morgan fingerprint density at radius 1 is 1.10 bits per heavy atom. The number of pyridine rings is 2. The Hall–Kier alpha value is -4.14. The molecule has 8 nitrogen and oxygen atoms in total. The third-order valence-corrected chi connectivity index (χ3v) is 4.27. The van der Waals surface area contributed by atoms with E-state index in [0.717, 1.165) is 16.2 Å². The largest absolute Gasteiger partial charge is 0.485 e. The molecule has 0 spiro atoms. The minimum Gasteiger partial charge on any atom is -0.485 e. The van der Waals surface area contributed by atoms with Crippen LogP contribution in [0, 0.1) is 5.82 Å². The van der Waals surface area contributed by atoms with Crippen LogP contribution < -0.4 is 15.6 Å². The van der Waals surface area contributed by atoms with Crippen LogP contribution in [-0.4, -0.2) is 25.4 Å². The number of aromatic nitrogens is 4. The van der Waals surface area contributed by atoms with Crippen LogP contribution in [0.2, 0.25) is 0 Å². The molecule has 1 amide bonds. The maximum absolute atomic E-state index is 13.5. The fourth-order valence-corrected chi connectivity index (χ4v) is 2.81. The number of carbonyl (C=O) groups excluding carboxylic acids is 1. The first-order valence-electron chi connectivity index (χ1n) is 9.01. The SMILES string of the molecule is O=C(Cn1cnc2ccc(F)cc2c1=O)Nc1ncccc1OCc1ccncc1. The summed E-state index contributed by atoms with van der Waals surface area (Å²) in [4.78, 5) is 37.2. The topological polar surface area (TPSA) is 99.0 Å². The summed E-state index contributed by atoms with van der Waals surface area (Å²) >= 11 is 0. The van der Waals surface area contributed by atoms with Crippen LogP contribution in [0.25, 0.3) is 10.9 Å². The summed E-state index contributed by atoms with van der Waals surface area (Å²) < 4.78 is 20.3. The van der Waals surface area contributed by atoms with E-state index in [0.29, 0.717) is 11.3 Å². The second-order valence-corrected chi connectivity index (χ2v) is 6.38. The number of rotatable bonds is 6. The number of anilines is 1. The van der Waals surface area contributed by atoms with Gasteiger partial charge in [-0.2, -0.15) is 0 Å². The normalized spacial score (nSPS) is 10.7. The van der Waals surface area contributed by atoms with E-state index < -0.39 is 17.3 Å². The van der Waals surface area contributed by atoms with Gasteiger partial charge in [0.15, 0.2) is 11.6 Å². The molecule has 4 rings (SSSR count). The van der Waals surface area contributed by atoms with E-state index in [1.54, 1.807) is 24.5 Å². The maximum atomic E-state index is 13.5. The van der Waals surface area contributed by atoms with E-state index in [1.807, 2.05) is 12.1 Å². The number of benzene rings is 1. The van der Waals surface area contributed by atoms with Crippen molar-refractivity contribution in [1.29, 1.82) is 0 Å². The molecule has 0 aliphatic heterocycles. The number of fused-ring (bicyclic) bond motifs is 1. The van der Waals surface area contributed by atoms with Crippen LogP contribution in [0.1, 0.15) is 5.56 Å². The van der Waals surface area contributed by atoms with Gasteiger partial charge in [-0.3, -0.25) is 19.1 Å². The number of hydrogen-bond acceptors (Lipinski definition) is 6. The van der Waals surface area contributed by atoms with Crippen LogP contribution >= 0.6 is 0 Å². The van der Waals surface area contributed by atoms with Gasteiger partial charge in [0.25, 0.3) is 5.56 Å². The molecular formula is C21H16FN5O3. The molecule has 3 heterocycles. The number of halogens is 1. The highest BCUT2D eigenvalue weighted by molar-refractivity contribution is 5.91. The fourth-order valence-electron chi connectivity index (χ4n) is 2.81. The highest BCUT2D eigenvalue weighted by Gasteiger charge is 2.12. The maximum Gasteiger partial charge on any atom is 0.261 e. The monoisotopic (exact) mass is 405 g/mol. The van der Waals surface area contributed by atoms with Crippen LogP contribution in [0.15, 0.2) is 72.2 Å². The quantitative estimate of drug-likeness (QED) is 0.529. The molecule has 0 aliphatic rings. The number of amides is 1. The van der Waals surface area contributed by atoms with Crippen molar-refractivity contribution in [1.82, 2.24) is 19.5 Å². The lowest BCUT2D eigenvalue weighted by atomic mass is 10.2. The minimum atomic E-state index is -0.548. The molecule has 150 valence electrons. The van der Waals surface area contributed by atoms with Gasteiger partial charge in [0.2, 0.25) is 5.91 Å². The van der Waals surface area contributed by atoms with Crippen molar-refractivity contribution in [3.63, 3.8) is 0 Å². The molecule has 0 saturated carbocycles. The lowest BCUT2D eigenvalue weighted by Crippen LogP contribution is -2.28. The third-order valence-electron chi connectivity index (χ3n) is 4.27. The molecule has 0 bridgehead atoms. The van der Waals surface area contributed by atoms with Gasteiger partial charge < -0.3 is 10.1 Å². The Bertz CT molecular complexity index is 1260. The molecule has 0 radical (unpaired) electrons. The predicted molar refractivity (Wildman–Crippen MR) is 107 cm³/mol. The highest BCUT2D eigenvalue weighted by Crippen LogP contribution is 2.22. The zero-order valence-corrected chi connectivity index (χ0v) is 15.7. The van der Waals surface area contributed by atoms with Gasteiger partial charge >= 0.3 is 0 Å². The van der Waals surface area contributed by atoms with E-state index in [2.05, 4.69) is 20.3 Å². The average molecular weight is 405 g/mol. The van der Waals surface area contributed by atoms with Crippen molar-refractivity contribution in [2.45, 2.75) is 13.2 Å². The molecule has 9 heteroatoms. The van der Waals surface area contributed by atoms with Crippen LogP contribution in [0.5, 0.6) is 5.75 Å². The van der Waals surface area contributed by atoms with Crippen LogP contribution in [0.4, 0.5) is 10.2 Å². The van der Waals surface area contributed by atoms with Crippen molar-refractivity contribution in [3.05, 3.63) is 89.1 Å². The van der Waals surface area contributed by atoms with Gasteiger partial charge in [0.1, 0.15) is 19.0 Å². The Morgan fingerprint density at radius 3 is 2.77 bits per heavy atom. The van der Waals surface area contributed by atoms with E-state index >= 15 is 0 Å². The van der Waals surface area contributed by atoms with Gasteiger partial charge in [-0.1, -0.05) is 0 Å². The Balaban J connectivity index is 1.49. The lowest BCUT2D eigenvalue weighted by Gasteiger charge is -2.12. The summed E-state index contributed by atoms with van der Waals surface area (Å²) in [6.07, 6.45) is 6.08. The first kappa shape index (κ1) is 19.2. The molecule has 3 aromatic heterocycles. The molecule has 1 aromatic carbocycles. The minimum absolute atomic E-state index is 0.101. The summed E-state index contributed by atoms with van der Waals surface area (Å²) in [5, 5.41) is 2.73. The highest BCUT2D eigenvalue weighted by atomic mass is 19.1.